The Bertz CT molecular complexity index is 1170. The van der Waals surface area contributed by atoms with Gasteiger partial charge in [0.1, 0.15) is 11.5 Å². The van der Waals surface area contributed by atoms with E-state index in [0.29, 0.717) is 46.7 Å². The number of aliphatic carboxylic acids is 1. The summed E-state index contributed by atoms with van der Waals surface area (Å²) in [5.74, 6) is -1.45. The molecule has 0 bridgehead atoms. The van der Waals surface area contributed by atoms with Crippen molar-refractivity contribution in [1.82, 2.24) is 0 Å². The quantitative estimate of drug-likeness (QED) is 0.467. The molecule has 1 heterocycles. The molecule has 0 atom stereocenters. The summed E-state index contributed by atoms with van der Waals surface area (Å²) >= 11 is 0. The lowest BCUT2D eigenvalue weighted by molar-refractivity contribution is -0.304. The summed E-state index contributed by atoms with van der Waals surface area (Å²) in [6.45, 7) is 4.72. The van der Waals surface area contributed by atoms with E-state index in [4.69, 9.17) is 9.47 Å². The average molecular weight is 446 g/mol. The SMILES string of the molecule is CCCOc1c2c(c(OCCC)c3ccccc13)C(=O)N(c1ccc(CC(=O)[O-])cc1)C2=O. The van der Waals surface area contributed by atoms with E-state index in [-0.39, 0.29) is 17.5 Å². The van der Waals surface area contributed by atoms with Crippen LogP contribution in [0.25, 0.3) is 10.8 Å². The van der Waals surface area contributed by atoms with E-state index in [9.17, 15) is 19.5 Å². The Hall–Kier alpha value is -3.87. The van der Waals surface area contributed by atoms with Gasteiger partial charge in [-0.05, 0) is 30.5 Å². The minimum absolute atomic E-state index is 0.192. The maximum absolute atomic E-state index is 13.6. The van der Waals surface area contributed by atoms with Gasteiger partial charge in [-0.2, -0.15) is 0 Å². The van der Waals surface area contributed by atoms with Crippen molar-refractivity contribution in [2.75, 3.05) is 18.1 Å². The molecule has 0 unspecified atom stereocenters. The van der Waals surface area contributed by atoms with E-state index < -0.39 is 17.8 Å². The topological polar surface area (TPSA) is 96.0 Å². The fraction of sp³-hybridized carbons (Fsp3) is 0.269. The van der Waals surface area contributed by atoms with Crippen LogP contribution in [0.5, 0.6) is 11.5 Å². The number of carboxylic acid groups (broad SMARTS) is 1. The Labute approximate surface area is 191 Å². The highest BCUT2D eigenvalue weighted by molar-refractivity contribution is 6.38. The first-order valence-corrected chi connectivity index (χ1v) is 11.0. The Morgan fingerprint density at radius 3 is 1.73 bits per heavy atom. The molecular formula is C26H24NO6-. The molecule has 0 fully saturated rings. The van der Waals surface area contributed by atoms with Crippen LogP contribution >= 0.6 is 0 Å². The molecule has 3 aromatic rings. The van der Waals surface area contributed by atoms with Crippen LogP contribution in [-0.2, 0) is 11.2 Å². The number of amides is 2. The van der Waals surface area contributed by atoms with Gasteiger partial charge in [-0.1, -0.05) is 50.2 Å². The summed E-state index contributed by atoms with van der Waals surface area (Å²) in [6.07, 6.45) is 1.23. The molecule has 0 spiro atoms. The van der Waals surface area contributed by atoms with Crippen molar-refractivity contribution in [3.05, 3.63) is 65.2 Å². The molecule has 3 aromatic carbocycles. The number of ether oxygens (including phenoxy) is 2. The predicted molar refractivity (Wildman–Crippen MR) is 122 cm³/mol. The number of hydrogen-bond acceptors (Lipinski definition) is 6. The van der Waals surface area contributed by atoms with Crippen LogP contribution in [0.3, 0.4) is 0 Å². The van der Waals surface area contributed by atoms with Crippen molar-refractivity contribution in [3.8, 4) is 11.5 Å². The molecule has 0 saturated carbocycles. The smallest absolute Gasteiger partial charge is 0.270 e. The van der Waals surface area contributed by atoms with Crippen LogP contribution in [0, 0.1) is 0 Å². The Balaban J connectivity index is 1.89. The molecule has 7 nitrogen and oxygen atoms in total. The number of carbonyl (C=O) groups is 3. The molecule has 0 saturated heterocycles. The fourth-order valence-corrected chi connectivity index (χ4v) is 3.97. The number of hydrogen-bond donors (Lipinski definition) is 0. The monoisotopic (exact) mass is 446 g/mol. The molecular weight excluding hydrogens is 422 g/mol. The van der Waals surface area contributed by atoms with Crippen LogP contribution in [0.2, 0.25) is 0 Å². The zero-order valence-corrected chi connectivity index (χ0v) is 18.6. The summed E-state index contributed by atoms with van der Waals surface area (Å²) in [5, 5.41) is 12.3. The van der Waals surface area contributed by atoms with Crippen LogP contribution in [-0.4, -0.2) is 31.0 Å². The van der Waals surface area contributed by atoms with Crippen molar-refractivity contribution in [1.29, 1.82) is 0 Å². The normalized spacial score (nSPS) is 12.8. The first-order chi connectivity index (χ1) is 16.0. The van der Waals surface area contributed by atoms with E-state index in [2.05, 4.69) is 0 Å². The number of nitrogens with zero attached hydrogens (tertiary/aromatic N) is 1. The molecule has 33 heavy (non-hydrogen) atoms. The van der Waals surface area contributed by atoms with Crippen LogP contribution in [0.1, 0.15) is 53.0 Å². The lowest BCUT2D eigenvalue weighted by Crippen LogP contribution is -2.29. The molecule has 0 aromatic heterocycles. The lowest BCUT2D eigenvalue weighted by atomic mass is 9.99. The van der Waals surface area contributed by atoms with Gasteiger partial charge in [0.25, 0.3) is 11.8 Å². The molecule has 0 aliphatic carbocycles. The van der Waals surface area contributed by atoms with Crippen molar-refractivity contribution in [2.45, 2.75) is 33.1 Å². The molecule has 1 aliphatic rings. The number of imide groups is 1. The predicted octanol–water partition coefficient (Wildman–Crippen LogP) is 3.51. The summed E-state index contributed by atoms with van der Waals surface area (Å²) in [7, 11) is 0. The maximum atomic E-state index is 13.6. The third kappa shape index (κ3) is 4.02. The number of carboxylic acids is 1. The second-order valence-corrected chi connectivity index (χ2v) is 7.81. The highest BCUT2D eigenvalue weighted by Gasteiger charge is 2.43. The minimum Gasteiger partial charge on any atom is -0.550 e. The molecule has 7 heteroatoms. The Morgan fingerprint density at radius 1 is 0.818 bits per heavy atom. The van der Waals surface area contributed by atoms with E-state index >= 15 is 0 Å². The van der Waals surface area contributed by atoms with E-state index in [0.717, 1.165) is 17.7 Å². The summed E-state index contributed by atoms with van der Waals surface area (Å²) in [4.78, 5) is 39.1. The third-order valence-corrected chi connectivity index (χ3v) is 5.40. The number of carbonyl (C=O) groups excluding carboxylic acids is 3. The van der Waals surface area contributed by atoms with Gasteiger partial charge < -0.3 is 19.4 Å². The van der Waals surface area contributed by atoms with Crippen LogP contribution in [0.15, 0.2) is 48.5 Å². The van der Waals surface area contributed by atoms with Gasteiger partial charge in [0, 0.05) is 23.2 Å². The first kappa shape index (κ1) is 22.3. The van der Waals surface area contributed by atoms with Gasteiger partial charge in [0.05, 0.1) is 30.0 Å². The zero-order valence-electron chi connectivity index (χ0n) is 18.6. The average Bonchev–Trinajstić information content (AvgIpc) is 3.06. The highest BCUT2D eigenvalue weighted by atomic mass is 16.5. The zero-order chi connectivity index (χ0) is 23.5. The molecule has 0 N–H and O–H groups in total. The van der Waals surface area contributed by atoms with Crippen LogP contribution in [0.4, 0.5) is 5.69 Å². The number of fused-ring (bicyclic) bond motifs is 2. The molecule has 0 radical (unpaired) electrons. The van der Waals surface area contributed by atoms with Crippen molar-refractivity contribution in [3.63, 3.8) is 0 Å². The van der Waals surface area contributed by atoms with E-state index in [1.165, 1.54) is 0 Å². The Kier molecular flexibility index (Phi) is 6.31. The third-order valence-electron chi connectivity index (χ3n) is 5.40. The first-order valence-electron chi connectivity index (χ1n) is 11.0. The second-order valence-electron chi connectivity index (χ2n) is 7.81. The molecule has 1 aliphatic heterocycles. The van der Waals surface area contributed by atoms with Gasteiger partial charge in [0.15, 0.2) is 0 Å². The summed E-state index contributed by atoms with van der Waals surface area (Å²) in [6, 6.07) is 13.7. The molecule has 4 rings (SSSR count). The standard InChI is InChI=1S/C26H25NO6/c1-3-13-32-23-18-7-5-6-8-19(18)24(33-14-4-2)22-21(23)25(30)27(26(22)31)17-11-9-16(10-12-17)15-20(28)29/h5-12H,3-4,13-15H2,1-2H3,(H,28,29)/p-1. The highest BCUT2D eigenvalue weighted by Crippen LogP contribution is 2.46. The van der Waals surface area contributed by atoms with Gasteiger partial charge >= 0.3 is 0 Å². The fourth-order valence-electron chi connectivity index (χ4n) is 3.97. The lowest BCUT2D eigenvalue weighted by Gasteiger charge is -2.16. The van der Waals surface area contributed by atoms with E-state index in [1.807, 2.05) is 38.1 Å². The number of rotatable bonds is 9. The Morgan fingerprint density at radius 2 is 1.30 bits per heavy atom. The van der Waals surface area contributed by atoms with Crippen LogP contribution < -0.4 is 19.5 Å². The van der Waals surface area contributed by atoms with Gasteiger partial charge in [-0.25, -0.2) is 4.90 Å². The van der Waals surface area contributed by atoms with Crippen molar-refractivity contribution < 1.29 is 29.0 Å². The molecule has 2 amide bonds. The van der Waals surface area contributed by atoms with Crippen molar-refractivity contribution in [2.24, 2.45) is 0 Å². The summed E-state index contributed by atoms with van der Waals surface area (Å²) in [5.41, 5.74) is 1.24. The van der Waals surface area contributed by atoms with E-state index in [1.54, 1.807) is 24.3 Å². The second kappa shape index (κ2) is 9.32. The largest absolute Gasteiger partial charge is 0.550 e. The summed E-state index contributed by atoms with van der Waals surface area (Å²) < 4.78 is 12.0. The van der Waals surface area contributed by atoms with Gasteiger partial charge in [0.2, 0.25) is 0 Å². The van der Waals surface area contributed by atoms with Gasteiger partial charge in [-0.15, -0.1) is 0 Å². The number of anilines is 1. The molecule has 170 valence electrons. The van der Waals surface area contributed by atoms with Crippen molar-refractivity contribution >= 4 is 34.2 Å². The number of benzene rings is 3. The van der Waals surface area contributed by atoms with Gasteiger partial charge in [-0.3, -0.25) is 9.59 Å². The minimum atomic E-state index is -1.20. The maximum Gasteiger partial charge on any atom is 0.270 e.